The van der Waals surface area contributed by atoms with E-state index in [1.54, 1.807) is 17.4 Å². The number of hydrogen-bond donors (Lipinski definition) is 2. The standard InChI is InChI=1S/C17H22N4O3S/c18-4-5-19-16(23)12-2-1-6-21(9-12)15(22)8-14-11-25-17(20-14)13-3-7-24-10-13/h3,7,10-12H,1-2,4-6,8-9,18H2,(H,19,23). The molecule has 134 valence electrons. The fourth-order valence-electron chi connectivity index (χ4n) is 2.93. The predicted molar refractivity (Wildman–Crippen MR) is 94.9 cm³/mol. The molecular weight excluding hydrogens is 340 g/mol. The van der Waals surface area contributed by atoms with E-state index in [9.17, 15) is 9.59 Å². The molecule has 0 aliphatic carbocycles. The smallest absolute Gasteiger partial charge is 0.228 e. The molecule has 1 aliphatic heterocycles. The summed E-state index contributed by atoms with van der Waals surface area (Å²) >= 11 is 1.49. The monoisotopic (exact) mass is 362 g/mol. The molecule has 1 unspecified atom stereocenters. The zero-order chi connectivity index (χ0) is 17.6. The van der Waals surface area contributed by atoms with E-state index in [1.807, 2.05) is 11.4 Å². The van der Waals surface area contributed by atoms with Crippen molar-refractivity contribution in [3.05, 3.63) is 29.7 Å². The summed E-state index contributed by atoms with van der Waals surface area (Å²) in [4.78, 5) is 30.9. The highest BCUT2D eigenvalue weighted by molar-refractivity contribution is 7.13. The summed E-state index contributed by atoms with van der Waals surface area (Å²) in [5.74, 6) is -0.152. The summed E-state index contributed by atoms with van der Waals surface area (Å²) in [6, 6.07) is 1.85. The largest absolute Gasteiger partial charge is 0.472 e. The predicted octanol–water partition coefficient (Wildman–Crippen LogP) is 1.26. The van der Waals surface area contributed by atoms with Gasteiger partial charge < -0.3 is 20.4 Å². The van der Waals surface area contributed by atoms with Crippen molar-refractivity contribution < 1.29 is 14.0 Å². The Morgan fingerprint density at radius 2 is 2.36 bits per heavy atom. The van der Waals surface area contributed by atoms with E-state index in [2.05, 4.69) is 10.3 Å². The number of aromatic nitrogens is 1. The van der Waals surface area contributed by atoms with Crippen molar-refractivity contribution in [2.45, 2.75) is 19.3 Å². The van der Waals surface area contributed by atoms with Crippen molar-refractivity contribution in [2.24, 2.45) is 11.7 Å². The number of nitrogens with two attached hydrogens (primary N) is 1. The van der Waals surface area contributed by atoms with Crippen LogP contribution in [0.5, 0.6) is 0 Å². The van der Waals surface area contributed by atoms with Gasteiger partial charge in [-0.1, -0.05) is 0 Å². The summed E-state index contributed by atoms with van der Waals surface area (Å²) in [7, 11) is 0. The molecule has 0 saturated carbocycles. The molecule has 1 atom stereocenters. The van der Waals surface area contributed by atoms with E-state index in [-0.39, 0.29) is 24.2 Å². The van der Waals surface area contributed by atoms with Crippen molar-refractivity contribution in [1.29, 1.82) is 0 Å². The third-order valence-corrected chi connectivity index (χ3v) is 5.18. The summed E-state index contributed by atoms with van der Waals surface area (Å²) in [5, 5.41) is 5.55. The molecular formula is C17H22N4O3S. The molecule has 1 saturated heterocycles. The van der Waals surface area contributed by atoms with Gasteiger partial charge in [-0.2, -0.15) is 0 Å². The number of amides is 2. The van der Waals surface area contributed by atoms with E-state index >= 15 is 0 Å². The average Bonchev–Trinajstić information content (AvgIpc) is 3.31. The molecule has 1 aliphatic rings. The van der Waals surface area contributed by atoms with Crippen molar-refractivity contribution in [1.82, 2.24) is 15.2 Å². The maximum Gasteiger partial charge on any atom is 0.228 e. The van der Waals surface area contributed by atoms with E-state index in [4.69, 9.17) is 10.2 Å². The summed E-state index contributed by atoms with van der Waals surface area (Å²) in [6.07, 6.45) is 5.14. The minimum atomic E-state index is -0.152. The number of rotatable bonds is 6. The Hall–Kier alpha value is -2.19. The number of furan rings is 1. The maximum atomic E-state index is 12.6. The number of thiazole rings is 1. The number of piperidine rings is 1. The van der Waals surface area contributed by atoms with Crippen LogP contribution in [-0.4, -0.2) is 47.9 Å². The highest BCUT2D eigenvalue weighted by Crippen LogP contribution is 2.25. The van der Waals surface area contributed by atoms with Crippen molar-refractivity contribution in [3.63, 3.8) is 0 Å². The molecule has 3 N–H and O–H groups in total. The minimum Gasteiger partial charge on any atom is -0.472 e. The first-order valence-corrected chi connectivity index (χ1v) is 9.28. The number of nitrogens with zero attached hydrogens (tertiary/aromatic N) is 2. The highest BCUT2D eigenvalue weighted by Gasteiger charge is 2.28. The normalized spacial score (nSPS) is 17.5. The molecule has 0 bridgehead atoms. The topological polar surface area (TPSA) is 101 Å². The van der Waals surface area contributed by atoms with Crippen LogP contribution in [0.2, 0.25) is 0 Å². The molecule has 3 rings (SSSR count). The van der Waals surface area contributed by atoms with Crippen LogP contribution in [0.1, 0.15) is 18.5 Å². The van der Waals surface area contributed by atoms with Crippen molar-refractivity contribution in [3.8, 4) is 10.6 Å². The molecule has 7 nitrogen and oxygen atoms in total. The van der Waals surface area contributed by atoms with Gasteiger partial charge in [0.05, 0.1) is 24.3 Å². The Morgan fingerprint density at radius 3 is 3.12 bits per heavy atom. The van der Waals surface area contributed by atoms with Gasteiger partial charge in [0.2, 0.25) is 11.8 Å². The molecule has 2 amide bonds. The Balaban J connectivity index is 1.56. The van der Waals surface area contributed by atoms with Crippen LogP contribution in [0.4, 0.5) is 0 Å². The fraction of sp³-hybridized carbons (Fsp3) is 0.471. The average molecular weight is 362 g/mol. The number of hydrogen-bond acceptors (Lipinski definition) is 6. The quantitative estimate of drug-likeness (QED) is 0.805. The van der Waals surface area contributed by atoms with Gasteiger partial charge in [-0.3, -0.25) is 9.59 Å². The lowest BCUT2D eigenvalue weighted by atomic mass is 9.96. The van der Waals surface area contributed by atoms with Gasteiger partial charge in [-0.25, -0.2) is 4.98 Å². The minimum absolute atomic E-state index is 0.0142. The molecule has 0 spiro atoms. The molecule has 2 aromatic rings. The summed E-state index contributed by atoms with van der Waals surface area (Å²) < 4.78 is 5.06. The first kappa shape index (κ1) is 17.6. The number of likely N-dealkylation sites (tertiary alicyclic amines) is 1. The SMILES string of the molecule is NCCNC(=O)C1CCCN(C(=O)Cc2csc(-c3ccoc3)n2)C1. The van der Waals surface area contributed by atoms with Gasteiger partial charge in [0.1, 0.15) is 11.3 Å². The number of nitrogens with one attached hydrogen (secondary N) is 1. The third kappa shape index (κ3) is 4.46. The lowest BCUT2D eigenvalue weighted by Crippen LogP contribution is -2.46. The molecule has 8 heteroatoms. The van der Waals surface area contributed by atoms with Gasteiger partial charge >= 0.3 is 0 Å². The summed E-state index contributed by atoms with van der Waals surface area (Å²) in [6.45, 7) is 2.05. The second-order valence-corrected chi connectivity index (χ2v) is 6.95. The van der Waals surface area contributed by atoms with Crippen molar-refractivity contribution in [2.75, 3.05) is 26.2 Å². The van der Waals surface area contributed by atoms with Crippen LogP contribution in [-0.2, 0) is 16.0 Å². The zero-order valence-electron chi connectivity index (χ0n) is 13.9. The second-order valence-electron chi connectivity index (χ2n) is 6.09. The highest BCUT2D eigenvalue weighted by atomic mass is 32.1. The van der Waals surface area contributed by atoms with Gasteiger partial charge in [-0.15, -0.1) is 11.3 Å². The van der Waals surface area contributed by atoms with Gasteiger partial charge in [0.25, 0.3) is 0 Å². The molecule has 0 radical (unpaired) electrons. The second kappa shape index (κ2) is 8.26. The van der Waals surface area contributed by atoms with Crippen LogP contribution in [0.25, 0.3) is 10.6 Å². The first-order chi connectivity index (χ1) is 12.2. The van der Waals surface area contributed by atoms with Gasteiger partial charge in [0, 0.05) is 37.1 Å². The van der Waals surface area contributed by atoms with E-state index in [0.717, 1.165) is 29.1 Å². The number of carbonyl (C=O) groups is 2. The molecule has 2 aromatic heterocycles. The van der Waals surface area contributed by atoms with Crippen LogP contribution < -0.4 is 11.1 Å². The van der Waals surface area contributed by atoms with E-state index in [0.29, 0.717) is 26.2 Å². The Labute approximate surface area is 150 Å². The van der Waals surface area contributed by atoms with Crippen molar-refractivity contribution >= 4 is 23.2 Å². The van der Waals surface area contributed by atoms with Crippen LogP contribution >= 0.6 is 11.3 Å². The molecule has 0 aromatic carbocycles. The van der Waals surface area contributed by atoms with Gasteiger partial charge in [-0.05, 0) is 18.9 Å². The lowest BCUT2D eigenvalue weighted by Gasteiger charge is -2.32. The van der Waals surface area contributed by atoms with E-state index in [1.165, 1.54) is 11.3 Å². The Bertz CT molecular complexity index is 713. The van der Waals surface area contributed by atoms with Gasteiger partial charge in [0.15, 0.2) is 0 Å². The molecule has 25 heavy (non-hydrogen) atoms. The lowest BCUT2D eigenvalue weighted by molar-refractivity contribution is -0.135. The van der Waals surface area contributed by atoms with Crippen LogP contribution in [0.3, 0.4) is 0 Å². The fourth-order valence-corrected chi connectivity index (χ4v) is 3.74. The first-order valence-electron chi connectivity index (χ1n) is 8.40. The Morgan fingerprint density at radius 1 is 1.48 bits per heavy atom. The van der Waals surface area contributed by atoms with Crippen LogP contribution in [0.15, 0.2) is 28.4 Å². The third-order valence-electron chi connectivity index (χ3n) is 4.24. The summed E-state index contributed by atoms with van der Waals surface area (Å²) in [5.41, 5.74) is 7.08. The number of carbonyl (C=O) groups excluding carboxylic acids is 2. The zero-order valence-corrected chi connectivity index (χ0v) is 14.8. The molecule has 1 fully saturated rings. The van der Waals surface area contributed by atoms with E-state index < -0.39 is 0 Å². The molecule has 3 heterocycles. The van der Waals surface area contributed by atoms with Crippen LogP contribution in [0, 0.1) is 5.92 Å². The maximum absolute atomic E-state index is 12.6. The Kier molecular flexibility index (Phi) is 5.83.